The van der Waals surface area contributed by atoms with Crippen LogP contribution in [-0.4, -0.2) is 35.8 Å². The Kier molecular flexibility index (Phi) is 9.92. The van der Waals surface area contributed by atoms with Crippen LogP contribution in [0.4, 0.5) is 5.69 Å². The molecule has 0 saturated carbocycles. The first-order valence-electron chi connectivity index (χ1n) is 7.71. The molecule has 146 valence electrons. The third-order valence-electron chi connectivity index (χ3n) is 3.78. The van der Waals surface area contributed by atoms with Gasteiger partial charge in [0.25, 0.3) is 0 Å². The maximum atomic E-state index is 11.2. The first-order chi connectivity index (χ1) is 11.9. The molecule has 27 heavy (non-hydrogen) atoms. The summed E-state index contributed by atoms with van der Waals surface area (Å²) in [7, 11) is 0. The van der Waals surface area contributed by atoms with Crippen molar-refractivity contribution in [2.24, 2.45) is 11.5 Å². The van der Waals surface area contributed by atoms with Crippen LogP contribution in [0.5, 0.6) is 0 Å². The molecule has 0 unspecified atom stereocenters. The van der Waals surface area contributed by atoms with Gasteiger partial charge in [0, 0.05) is 23.4 Å². The Morgan fingerprint density at radius 1 is 0.963 bits per heavy atom. The van der Waals surface area contributed by atoms with Crippen LogP contribution in [0, 0.1) is 10.8 Å². The third-order valence-corrected chi connectivity index (χ3v) is 3.78. The van der Waals surface area contributed by atoms with Gasteiger partial charge in [0.2, 0.25) is 0 Å². The number of nitrogens with two attached hydrogens (primary N) is 2. The molecule has 2 rings (SSSR count). The van der Waals surface area contributed by atoms with Crippen molar-refractivity contribution in [1.29, 1.82) is 10.8 Å². The minimum absolute atomic E-state index is 0. The van der Waals surface area contributed by atoms with Crippen molar-refractivity contribution in [2.75, 3.05) is 18.0 Å². The number of anilines is 1. The molecular weight excluding hydrogens is 389 g/mol. The summed E-state index contributed by atoms with van der Waals surface area (Å²) < 4.78 is 0. The Bertz CT molecular complexity index is 797. The predicted octanol–water partition coefficient (Wildman–Crippen LogP) is 2.23. The minimum atomic E-state index is -0.930. The summed E-state index contributed by atoms with van der Waals surface area (Å²) in [4.78, 5) is 12.9. The summed E-state index contributed by atoms with van der Waals surface area (Å²) in [6.45, 7) is 0.347. The van der Waals surface area contributed by atoms with E-state index >= 15 is 0 Å². The topological polar surface area (TPSA) is 140 Å². The SMILES string of the molecule is Cl.Cl.N=C(N)c1ccc(CCN(CC(=O)O)c2cccc(C(=N)N)c2)cc1. The second-order valence-corrected chi connectivity index (χ2v) is 5.64. The summed E-state index contributed by atoms with van der Waals surface area (Å²) >= 11 is 0. The molecule has 7 nitrogen and oxygen atoms in total. The Hall–Kier alpha value is -2.77. The lowest BCUT2D eigenvalue weighted by atomic mass is 10.1. The van der Waals surface area contributed by atoms with Crippen molar-refractivity contribution in [1.82, 2.24) is 0 Å². The quantitative estimate of drug-likeness (QED) is 0.334. The van der Waals surface area contributed by atoms with Gasteiger partial charge in [0.05, 0.1) is 0 Å². The third kappa shape index (κ3) is 7.16. The molecule has 2 aromatic rings. The largest absolute Gasteiger partial charge is 0.480 e. The summed E-state index contributed by atoms with van der Waals surface area (Å²) in [5, 5.41) is 24.1. The van der Waals surface area contributed by atoms with Crippen molar-refractivity contribution in [3.05, 3.63) is 65.2 Å². The van der Waals surface area contributed by atoms with Crippen LogP contribution in [0.2, 0.25) is 0 Å². The van der Waals surface area contributed by atoms with Crippen LogP contribution in [0.1, 0.15) is 16.7 Å². The average Bonchev–Trinajstić information content (AvgIpc) is 2.58. The number of hydrogen-bond donors (Lipinski definition) is 5. The number of nitrogens with one attached hydrogen (secondary N) is 2. The number of benzene rings is 2. The number of carboxylic acid groups (broad SMARTS) is 1. The molecule has 0 aliphatic heterocycles. The van der Waals surface area contributed by atoms with E-state index in [1.54, 1.807) is 41.3 Å². The molecule has 9 heteroatoms. The van der Waals surface area contributed by atoms with E-state index in [-0.39, 0.29) is 43.0 Å². The summed E-state index contributed by atoms with van der Waals surface area (Å²) in [6, 6.07) is 14.3. The smallest absolute Gasteiger partial charge is 0.323 e. The highest BCUT2D eigenvalue weighted by Gasteiger charge is 2.12. The number of carbonyl (C=O) groups is 1. The van der Waals surface area contributed by atoms with Gasteiger partial charge in [-0.3, -0.25) is 15.6 Å². The molecule has 2 aromatic carbocycles. The van der Waals surface area contributed by atoms with Crippen LogP contribution in [0.15, 0.2) is 48.5 Å². The van der Waals surface area contributed by atoms with Gasteiger partial charge in [-0.25, -0.2) is 0 Å². The highest BCUT2D eigenvalue weighted by atomic mass is 35.5. The lowest BCUT2D eigenvalue weighted by Gasteiger charge is -2.23. The van der Waals surface area contributed by atoms with Gasteiger partial charge < -0.3 is 21.5 Å². The number of halogens is 2. The van der Waals surface area contributed by atoms with E-state index < -0.39 is 5.97 Å². The zero-order chi connectivity index (χ0) is 18.4. The van der Waals surface area contributed by atoms with E-state index in [1.807, 2.05) is 12.1 Å². The van der Waals surface area contributed by atoms with Crippen LogP contribution >= 0.6 is 24.8 Å². The molecule has 0 aromatic heterocycles. The number of rotatable bonds is 8. The Balaban J connectivity index is 0.00000338. The fourth-order valence-corrected chi connectivity index (χ4v) is 2.45. The number of aliphatic carboxylic acids is 1. The number of nitrogens with zero attached hydrogens (tertiary/aromatic N) is 1. The van der Waals surface area contributed by atoms with Gasteiger partial charge in [-0.05, 0) is 24.1 Å². The highest BCUT2D eigenvalue weighted by molar-refractivity contribution is 5.96. The monoisotopic (exact) mass is 411 g/mol. The average molecular weight is 412 g/mol. The van der Waals surface area contributed by atoms with Crippen molar-refractivity contribution in [3.8, 4) is 0 Å². The maximum Gasteiger partial charge on any atom is 0.323 e. The Morgan fingerprint density at radius 2 is 1.56 bits per heavy atom. The van der Waals surface area contributed by atoms with Gasteiger partial charge in [-0.15, -0.1) is 24.8 Å². The number of hydrogen-bond acceptors (Lipinski definition) is 4. The first kappa shape index (κ1) is 24.2. The molecule has 0 spiro atoms. The molecule has 0 amide bonds. The molecule has 0 saturated heterocycles. The van der Waals surface area contributed by atoms with Gasteiger partial charge >= 0.3 is 5.97 Å². The van der Waals surface area contributed by atoms with Crippen LogP contribution in [-0.2, 0) is 11.2 Å². The van der Waals surface area contributed by atoms with Gasteiger partial charge in [-0.1, -0.05) is 36.4 Å². The molecule has 7 N–H and O–H groups in total. The summed E-state index contributed by atoms with van der Waals surface area (Å²) in [5.74, 6) is -0.975. The van der Waals surface area contributed by atoms with Crippen LogP contribution in [0.3, 0.4) is 0 Å². The van der Waals surface area contributed by atoms with E-state index in [0.717, 1.165) is 5.56 Å². The van der Waals surface area contributed by atoms with Crippen molar-refractivity contribution in [3.63, 3.8) is 0 Å². The fraction of sp³-hybridized carbons (Fsp3) is 0.167. The van der Waals surface area contributed by atoms with E-state index in [1.165, 1.54) is 0 Å². The van der Waals surface area contributed by atoms with E-state index in [2.05, 4.69) is 0 Å². The van der Waals surface area contributed by atoms with E-state index in [4.69, 9.17) is 22.3 Å². The standard InChI is InChI=1S/C18H21N5O2.2ClH/c19-17(20)13-6-4-12(5-7-13)8-9-23(11-16(24)25)15-3-1-2-14(10-15)18(21)22;;/h1-7,10H,8-9,11H2,(H3,19,20)(H3,21,22)(H,24,25);2*1H. The second kappa shape index (κ2) is 11.1. The highest BCUT2D eigenvalue weighted by Crippen LogP contribution is 2.17. The minimum Gasteiger partial charge on any atom is -0.480 e. The van der Waals surface area contributed by atoms with E-state index in [9.17, 15) is 9.90 Å². The van der Waals surface area contributed by atoms with Crippen molar-refractivity contribution >= 4 is 48.1 Å². The number of amidine groups is 2. The fourth-order valence-electron chi connectivity index (χ4n) is 2.45. The van der Waals surface area contributed by atoms with Crippen molar-refractivity contribution in [2.45, 2.75) is 6.42 Å². The molecular formula is C18H23Cl2N5O2. The molecule has 0 bridgehead atoms. The number of carboxylic acids is 1. The Morgan fingerprint density at radius 3 is 2.07 bits per heavy atom. The molecule has 0 radical (unpaired) electrons. The molecule has 0 aliphatic carbocycles. The lowest BCUT2D eigenvalue weighted by molar-refractivity contribution is -0.135. The molecule has 0 aliphatic rings. The van der Waals surface area contributed by atoms with Gasteiger partial charge in [0.15, 0.2) is 0 Å². The van der Waals surface area contributed by atoms with Crippen LogP contribution in [0.25, 0.3) is 0 Å². The second-order valence-electron chi connectivity index (χ2n) is 5.64. The normalized spacial score (nSPS) is 9.48. The molecule has 0 atom stereocenters. The van der Waals surface area contributed by atoms with E-state index in [0.29, 0.717) is 29.8 Å². The van der Waals surface area contributed by atoms with Gasteiger partial charge in [-0.2, -0.15) is 0 Å². The summed E-state index contributed by atoms with van der Waals surface area (Å²) in [5.41, 5.74) is 13.9. The Labute approximate surface area is 170 Å². The molecule has 0 heterocycles. The first-order valence-corrected chi connectivity index (χ1v) is 7.71. The lowest BCUT2D eigenvalue weighted by Crippen LogP contribution is -2.32. The van der Waals surface area contributed by atoms with Crippen LogP contribution < -0.4 is 16.4 Å². The predicted molar refractivity (Wildman–Crippen MR) is 113 cm³/mol. The number of nitrogen functional groups attached to an aromatic ring is 2. The van der Waals surface area contributed by atoms with Gasteiger partial charge in [0.1, 0.15) is 18.2 Å². The summed E-state index contributed by atoms with van der Waals surface area (Å²) in [6.07, 6.45) is 0.635. The molecule has 0 fully saturated rings. The zero-order valence-corrected chi connectivity index (χ0v) is 16.1. The van der Waals surface area contributed by atoms with Crippen molar-refractivity contribution < 1.29 is 9.90 Å². The zero-order valence-electron chi connectivity index (χ0n) is 14.5. The maximum absolute atomic E-state index is 11.2.